The fourth-order valence-electron chi connectivity index (χ4n) is 1.31. The highest BCUT2D eigenvalue weighted by atomic mass is 16.5. The van der Waals surface area contributed by atoms with Crippen molar-refractivity contribution < 1.29 is 4.74 Å². The van der Waals surface area contributed by atoms with Gasteiger partial charge in [-0.25, -0.2) is 0 Å². The fraction of sp³-hybridized carbons (Fsp3) is 0.538. The first-order chi connectivity index (χ1) is 7.09. The quantitative estimate of drug-likeness (QED) is 0.805. The maximum absolute atomic E-state index is 5.89. The second-order valence-corrected chi connectivity index (χ2v) is 4.41. The first kappa shape index (κ1) is 12.2. The van der Waals surface area contributed by atoms with E-state index >= 15 is 0 Å². The van der Waals surface area contributed by atoms with Crippen LogP contribution in [0.1, 0.15) is 25.0 Å². The van der Waals surface area contributed by atoms with Crippen LogP contribution in [0.25, 0.3) is 0 Å². The lowest BCUT2D eigenvalue weighted by molar-refractivity contribution is 0.0973. The summed E-state index contributed by atoms with van der Waals surface area (Å²) in [6, 6.07) is 8.49. The van der Waals surface area contributed by atoms with E-state index in [-0.39, 0.29) is 6.04 Å². The third-order valence-corrected chi connectivity index (χ3v) is 2.52. The number of hydrogen-bond acceptors (Lipinski definition) is 2. The molecule has 0 fully saturated rings. The maximum atomic E-state index is 5.89. The van der Waals surface area contributed by atoms with Crippen LogP contribution in [0.5, 0.6) is 0 Å². The molecule has 0 aromatic heterocycles. The van der Waals surface area contributed by atoms with Gasteiger partial charge in [0.25, 0.3) is 0 Å². The average Bonchev–Trinajstić information content (AvgIpc) is 2.17. The number of aryl methyl sites for hydroxylation is 1. The molecule has 2 N–H and O–H groups in total. The SMILES string of the molecule is Cc1cccc(COC[C@@H](N)C(C)C)c1. The molecule has 0 unspecified atom stereocenters. The molecular formula is C13H21NO. The number of rotatable bonds is 5. The average molecular weight is 207 g/mol. The monoisotopic (exact) mass is 207 g/mol. The normalized spacial score (nSPS) is 13.1. The molecule has 0 aliphatic heterocycles. The molecule has 2 nitrogen and oxygen atoms in total. The zero-order valence-electron chi connectivity index (χ0n) is 9.86. The van der Waals surface area contributed by atoms with Crippen LogP contribution < -0.4 is 5.73 Å². The van der Waals surface area contributed by atoms with Crippen LogP contribution >= 0.6 is 0 Å². The van der Waals surface area contributed by atoms with Gasteiger partial charge in [0.05, 0.1) is 13.2 Å². The van der Waals surface area contributed by atoms with Crippen LogP contribution in [0.15, 0.2) is 24.3 Å². The summed E-state index contributed by atoms with van der Waals surface area (Å²) in [6.07, 6.45) is 0. The van der Waals surface area contributed by atoms with Gasteiger partial charge in [-0.2, -0.15) is 0 Å². The minimum Gasteiger partial charge on any atom is -0.375 e. The van der Waals surface area contributed by atoms with Gasteiger partial charge in [-0.1, -0.05) is 43.7 Å². The predicted octanol–water partition coefficient (Wildman–Crippen LogP) is 2.49. The van der Waals surface area contributed by atoms with Crippen LogP contribution in [0.2, 0.25) is 0 Å². The molecule has 1 aromatic carbocycles. The van der Waals surface area contributed by atoms with Crippen LogP contribution in [0.3, 0.4) is 0 Å². The standard InChI is InChI=1S/C13H21NO/c1-10(2)13(14)9-15-8-12-6-4-5-11(3)7-12/h4-7,10,13H,8-9,14H2,1-3H3/t13-/m1/s1. The molecule has 1 aromatic rings. The van der Waals surface area contributed by atoms with Gasteiger partial charge >= 0.3 is 0 Å². The van der Waals surface area contributed by atoms with Crippen molar-refractivity contribution in [1.29, 1.82) is 0 Å². The molecule has 0 amide bonds. The molecule has 15 heavy (non-hydrogen) atoms. The molecule has 0 heterocycles. The molecule has 2 heteroatoms. The van der Waals surface area contributed by atoms with Crippen LogP contribution in [0.4, 0.5) is 0 Å². The van der Waals surface area contributed by atoms with Gasteiger partial charge < -0.3 is 10.5 Å². The van der Waals surface area contributed by atoms with E-state index in [9.17, 15) is 0 Å². The number of nitrogens with two attached hydrogens (primary N) is 1. The lowest BCUT2D eigenvalue weighted by Crippen LogP contribution is -2.31. The summed E-state index contributed by atoms with van der Waals surface area (Å²) in [5.41, 5.74) is 8.37. The Hall–Kier alpha value is -0.860. The van der Waals surface area contributed by atoms with Crippen LogP contribution in [0, 0.1) is 12.8 Å². The smallest absolute Gasteiger partial charge is 0.0717 e. The number of hydrogen-bond donors (Lipinski definition) is 1. The van der Waals surface area contributed by atoms with Crippen molar-refractivity contribution in [2.75, 3.05) is 6.61 Å². The van der Waals surface area contributed by atoms with Crippen molar-refractivity contribution >= 4 is 0 Å². The van der Waals surface area contributed by atoms with E-state index in [4.69, 9.17) is 10.5 Å². The highest BCUT2D eigenvalue weighted by Crippen LogP contribution is 2.06. The maximum Gasteiger partial charge on any atom is 0.0717 e. The summed E-state index contributed by atoms with van der Waals surface area (Å²) < 4.78 is 5.57. The molecule has 1 atom stereocenters. The first-order valence-corrected chi connectivity index (χ1v) is 5.48. The van der Waals surface area contributed by atoms with Gasteiger partial charge in [-0.05, 0) is 18.4 Å². The van der Waals surface area contributed by atoms with E-state index in [1.807, 2.05) is 0 Å². The third kappa shape index (κ3) is 4.45. The molecule has 0 spiro atoms. The van der Waals surface area contributed by atoms with Crippen molar-refractivity contribution in [3.05, 3.63) is 35.4 Å². The Bertz CT molecular complexity index is 296. The molecule has 1 rings (SSSR count). The molecule has 0 aliphatic rings. The minimum absolute atomic E-state index is 0.134. The van der Waals surface area contributed by atoms with Gasteiger partial charge in [0.15, 0.2) is 0 Å². The molecule has 84 valence electrons. The van der Waals surface area contributed by atoms with E-state index in [0.29, 0.717) is 19.1 Å². The zero-order valence-corrected chi connectivity index (χ0v) is 9.86. The van der Waals surface area contributed by atoms with E-state index in [1.54, 1.807) is 0 Å². The van der Waals surface area contributed by atoms with Gasteiger partial charge in [-0.3, -0.25) is 0 Å². The van der Waals surface area contributed by atoms with Crippen molar-refractivity contribution in [2.24, 2.45) is 11.7 Å². The topological polar surface area (TPSA) is 35.2 Å². The summed E-state index contributed by atoms with van der Waals surface area (Å²) in [6.45, 7) is 7.60. The van der Waals surface area contributed by atoms with E-state index in [2.05, 4.69) is 45.0 Å². The minimum atomic E-state index is 0.134. The highest BCUT2D eigenvalue weighted by molar-refractivity contribution is 5.21. The van der Waals surface area contributed by atoms with Gasteiger partial charge in [0.1, 0.15) is 0 Å². The van der Waals surface area contributed by atoms with Crippen molar-refractivity contribution in [3.63, 3.8) is 0 Å². The Balaban J connectivity index is 2.32. The lowest BCUT2D eigenvalue weighted by Gasteiger charge is -2.15. The van der Waals surface area contributed by atoms with Crippen LogP contribution in [-0.4, -0.2) is 12.6 Å². The van der Waals surface area contributed by atoms with E-state index in [0.717, 1.165) is 0 Å². The molecule has 0 saturated carbocycles. The Morgan fingerprint density at radius 1 is 1.33 bits per heavy atom. The Labute approximate surface area is 92.4 Å². The lowest BCUT2D eigenvalue weighted by atomic mass is 10.1. The fourth-order valence-corrected chi connectivity index (χ4v) is 1.31. The van der Waals surface area contributed by atoms with Gasteiger partial charge in [-0.15, -0.1) is 0 Å². The summed E-state index contributed by atoms with van der Waals surface area (Å²) in [5, 5.41) is 0. The largest absolute Gasteiger partial charge is 0.375 e. The summed E-state index contributed by atoms with van der Waals surface area (Å²) >= 11 is 0. The van der Waals surface area contributed by atoms with Crippen molar-refractivity contribution in [2.45, 2.75) is 33.4 Å². The van der Waals surface area contributed by atoms with Crippen molar-refractivity contribution in [1.82, 2.24) is 0 Å². The molecule has 0 aliphatic carbocycles. The second kappa shape index (κ2) is 5.89. The molecular weight excluding hydrogens is 186 g/mol. The summed E-state index contributed by atoms with van der Waals surface area (Å²) in [7, 11) is 0. The Morgan fingerprint density at radius 2 is 2.07 bits per heavy atom. The Morgan fingerprint density at radius 3 is 2.67 bits per heavy atom. The van der Waals surface area contributed by atoms with E-state index < -0.39 is 0 Å². The molecule has 0 saturated heterocycles. The number of ether oxygens (including phenoxy) is 1. The molecule has 0 radical (unpaired) electrons. The number of benzene rings is 1. The Kier molecular flexibility index (Phi) is 4.79. The van der Waals surface area contributed by atoms with Gasteiger partial charge in [0.2, 0.25) is 0 Å². The van der Waals surface area contributed by atoms with Crippen molar-refractivity contribution in [3.8, 4) is 0 Å². The van der Waals surface area contributed by atoms with Crippen LogP contribution in [-0.2, 0) is 11.3 Å². The summed E-state index contributed by atoms with van der Waals surface area (Å²) in [4.78, 5) is 0. The summed E-state index contributed by atoms with van der Waals surface area (Å²) in [5.74, 6) is 0.475. The van der Waals surface area contributed by atoms with Gasteiger partial charge in [0, 0.05) is 6.04 Å². The van der Waals surface area contributed by atoms with E-state index in [1.165, 1.54) is 11.1 Å². The zero-order chi connectivity index (χ0) is 11.3. The highest BCUT2D eigenvalue weighted by Gasteiger charge is 2.06. The third-order valence-electron chi connectivity index (χ3n) is 2.52. The second-order valence-electron chi connectivity index (χ2n) is 4.41. The predicted molar refractivity (Wildman–Crippen MR) is 63.6 cm³/mol. The molecule has 0 bridgehead atoms. The first-order valence-electron chi connectivity index (χ1n) is 5.48.